The molecule has 0 bridgehead atoms. The molecule has 2 N–H and O–H groups in total. The van der Waals surface area contributed by atoms with Gasteiger partial charge in [-0.3, -0.25) is 19.3 Å². The summed E-state index contributed by atoms with van der Waals surface area (Å²) in [6.45, 7) is 0.345. The third kappa shape index (κ3) is 3.74. The van der Waals surface area contributed by atoms with E-state index in [4.69, 9.17) is 23.8 Å². The van der Waals surface area contributed by atoms with E-state index in [0.717, 1.165) is 11.6 Å². The molecule has 0 saturated carbocycles. The minimum absolute atomic E-state index is 0.0459. The van der Waals surface area contributed by atoms with Gasteiger partial charge in [0.05, 0.1) is 17.3 Å². The van der Waals surface area contributed by atoms with Gasteiger partial charge in [0.2, 0.25) is 5.88 Å². The smallest absolute Gasteiger partial charge is 0.264 e. The van der Waals surface area contributed by atoms with Gasteiger partial charge in [-0.1, -0.05) is 41.9 Å². The Balaban J connectivity index is 2.03. The lowest BCUT2D eigenvalue weighted by Crippen LogP contribution is -2.18. The van der Waals surface area contributed by atoms with Crippen LogP contribution < -0.4 is 5.56 Å². The molecular weight excluding hydrogens is 377 g/mol. The summed E-state index contributed by atoms with van der Waals surface area (Å²) >= 11 is 10.9. The lowest BCUT2D eigenvalue weighted by molar-refractivity contribution is 0.432. The van der Waals surface area contributed by atoms with E-state index in [-0.39, 0.29) is 15.4 Å². The van der Waals surface area contributed by atoms with E-state index in [1.54, 1.807) is 0 Å². The summed E-state index contributed by atoms with van der Waals surface area (Å²) in [5.74, 6) is -1.01. The molecule has 0 aliphatic heterocycles. The number of aromatic nitrogens is 2. The molecule has 0 aliphatic carbocycles. The highest BCUT2D eigenvalue weighted by Crippen LogP contribution is 2.23. The van der Waals surface area contributed by atoms with Crippen molar-refractivity contribution in [1.29, 1.82) is 0 Å². The number of hydrogen-bond acceptors (Lipinski definition) is 4. The summed E-state index contributed by atoms with van der Waals surface area (Å²) in [5, 5.41) is 10.4. The van der Waals surface area contributed by atoms with Crippen LogP contribution in [0.2, 0.25) is 5.02 Å². The molecule has 0 spiro atoms. The second-order valence-electron chi connectivity index (χ2n) is 5.39. The molecule has 5 nitrogen and oxygen atoms in total. The summed E-state index contributed by atoms with van der Waals surface area (Å²) in [6.07, 6.45) is 1.28. The Kier molecular flexibility index (Phi) is 5.29. The highest BCUT2D eigenvalue weighted by atomic mass is 35.5. The van der Waals surface area contributed by atoms with Gasteiger partial charge in [0, 0.05) is 6.21 Å². The van der Waals surface area contributed by atoms with Gasteiger partial charge in [-0.2, -0.15) is 0 Å². The zero-order chi connectivity index (χ0) is 18.7. The molecular formula is C18H13ClFN3O2S. The van der Waals surface area contributed by atoms with Crippen molar-refractivity contribution in [3.8, 4) is 11.6 Å². The third-order valence-corrected chi connectivity index (χ3v) is 4.19. The van der Waals surface area contributed by atoms with Crippen molar-refractivity contribution in [2.45, 2.75) is 6.54 Å². The van der Waals surface area contributed by atoms with Crippen molar-refractivity contribution in [2.75, 3.05) is 0 Å². The number of aromatic amines is 1. The lowest BCUT2D eigenvalue weighted by Gasteiger charge is -2.11. The summed E-state index contributed by atoms with van der Waals surface area (Å²) in [6, 6.07) is 13.3. The van der Waals surface area contributed by atoms with Crippen LogP contribution >= 0.6 is 23.8 Å². The second-order valence-corrected chi connectivity index (χ2v) is 6.18. The van der Waals surface area contributed by atoms with Crippen LogP contribution in [0.25, 0.3) is 5.69 Å². The van der Waals surface area contributed by atoms with E-state index in [0.29, 0.717) is 12.2 Å². The summed E-state index contributed by atoms with van der Waals surface area (Å²) in [4.78, 5) is 18.8. The predicted molar refractivity (Wildman–Crippen MR) is 102 cm³/mol. The van der Waals surface area contributed by atoms with Gasteiger partial charge < -0.3 is 5.11 Å². The first-order chi connectivity index (χ1) is 12.5. The number of aromatic hydroxyl groups is 1. The molecule has 0 radical (unpaired) electrons. The highest BCUT2D eigenvalue weighted by Gasteiger charge is 2.13. The molecule has 1 heterocycles. The molecule has 0 fully saturated rings. The SMILES string of the molecule is O=c1[nH]c(=S)n(-c2ccc(F)c(Cl)c2)c(O)c1C=NCc1ccccc1. The topological polar surface area (TPSA) is 70.4 Å². The van der Waals surface area contributed by atoms with E-state index in [1.165, 1.54) is 22.9 Å². The largest absolute Gasteiger partial charge is 0.494 e. The van der Waals surface area contributed by atoms with E-state index in [1.807, 2.05) is 30.3 Å². The fraction of sp³-hybridized carbons (Fsp3) is 0.0556. The van der Waals surface area contributed by atoms with Crippen molar-refractivity contribution in [3.63, 3.8) is 0 Å². The van der Waals surface area contributed by atoms with Crippen molar-refractivity contribution < 1.29 is 9.50 Å². The van der Waals surface area contributed by atoms with Gasteiger partial charge in [-0.15, -0.1) is 0 Å². The Morgan fingerprint density at radius 1 is 1.27 bits per heavy atom. The minimum Gasteiger partial charge on any atom is -0.494 e. The van der Waals surface area contributed by atoms with Gasteiger partial charge in [0.25, 0.3) is 5.56 Å². The highest BCUT2D eigenvalue weighted by molar-refractivity contribution is 7.71. The first-order valence-electron chi connectivity index (χ1n) is 7.55. The van der Waals surface area contributed by atoms with Gasteiger partial charge in [0.1, 0.15) is 11.4 Å². The molecule has 26 heavy (non-hydrogen) atoms. The minimum atomic E-state index is -0.601. The van der Waals surface area contributed by atoms with Crippen molar-refractivity contribution in [3.05, 3.63) is 85.6 Å². The number of nitrogens with one attached hydrogen (secondary N) is 1. The Morgan fingerprint density at radius 3 is 2.69 bits per heavy atom. The number of halogens is 2. The molecule has 1 aromatic heterocycles. The molecule has 8 heteroatoms. The molecule has 3 rings (SSSR count). The quantitative estimate of drug-likeness (QED) is 0.523. The van der Waals surface area contributed by atoms with Crippen molar-refractivity contribution in [2.24, 2.45) is 4.99 Å². The van der Waals surface area contributed by atoms with E-state index < -0.39 is 17.3 Å². The summed E-state index contributed by atoms with van der Waals surface area (Å²) in [5.41, 5.74) is 0.634. The van der Waals surface area contributed by atoms with Crippen LogP contribution in [0.1, 0.15) is 11.1 Å². The van der Waals surface area contributed by atoms with Crippen LogP contribution in [0.3, 0.4) is 0 Å². The van der Waals surface area contributed by atoms with Crippen LogP contribution in [0.4, 0.5) is 4.39 Å². The second kappa shape index (κ2) is 7.63. The zero-order valence-electron chi connectivity index (χ0n) is 13.3. The van der Waals surface area contributed by atoms with Gasteiger partial charge >= 0.3 is 0 Å². The first-order valence-corrected chi connectivity index (χ1v) is 8.33. The van der Waals surface area contributed by atoms with E-state index >= 15 is 0 Å². The molecule has 132 valence electrons. The molecule has 0 atom stereocenters. The Bertz CT molecular complexity index is 1090. The van der Waals surface area contributed by atoms with Crippen LogP contribution in [0.15, 0.2) is 58.3 Å². The molecule has 0 saturated heterocycles. The summed E-state index contributed by atoms with van der Waals surface area (Å²) in [7, 11) is 0. The fourth-order valence-corrected chi connectivity index (χ4v) is 2.80. The molecule has 2 aromatic carbocycles. The average Bonchev–Trinajstić information content (AvgIpc) is 2.61. The lowest BCUT2D eigenvalue weighted by atomic mass is 10.2. The zero-order valence-corrected chi connectivity index (χ0v) is 14.9. The number of rotatable bonds is 4. The van der Waals surface area contributed by atoms with Gasteiger partial charge in [-0.25, -0.2) is 4.39 Å². The summed E-state index contributed by atoms with van der Waals surface area (Å²) < 4.78 is 14.5. The standard InChI is InChI=1S/C18H13ClFN3O2S/c19-14-8-12(6-7-15(14)20)23-17(25)13(16(24)22-18(23)26)10-21-9-11-4-2-1-3-5-11/h1-8,10,25H,9H2,(H,22,24,26). The molecule has 0 aliphatic rings. The first kappa shape index (κ1) is 18.0. The Morgan fingerprint density at radius 2 is 2.00 bits per heavy atom. The normalized spacial score (nSPS) is 11.2. The third-order valence-electron chi connectivity index (χ3n) is 3.62. The van der Waals surface area contributed by atoms with Crippen LogP contribution in [-0.2, 0) is 6.54 Å². The molecule has 0 unspecified atom stereocenters. The predicted octanol–water partition coefficient (Wildman–Crippen LogP) is 4.01. The number of H-pyrrole nitrogens is 1. The fourth-order valence-electron chi connectivity index (χ4n) is 2.34. The van der Waals surface area contributed by atoms with Crippen LogP contribution in [0.5, 0.6) is 5.88 Å². The molecule has 3 aromatic rings. The van der Waals surface area contributed by atoms with E-state index in [9.17, 15) is 14.3 Å². The monoisotopic (exact) mass is 389 g/mol. The maximum atomic E-state index is 13.4. The number of nitrogens with zero attached hydrogens (tertiary/aromatic N) is 2. The van der Waals surface area contributed by atoms with Crippen molar-refractivity contribution in [1.82, 2.24) is 9.55 Å². The number of aliphatic imine (C=N–C) groups is 1. The van der Waals surface area contributed by atoms with Crippen LogP contribution in [-0.4, -0.2) is 20.9 Å². The number of benzene rings is 2. The van der Waals surface area contributed by atoms with Crippen LogP contribution in [0, 0.1) is 10.6 Å². The van der Waals surface area contributed by atoms with Gasteiger partial charge in [0.15, 0.2) is 4.77 Å². The maximum Gasteiger partial charge on any atom is 0.264 e. The Hall–Kier alpha value is -2.77. The van der Waals surface area contributed by atoms with Crippen molar-refractivity contribution >= 4 is 30.0 Å². The number of hydrogen-bond donors (Lipinski definition) is 2. The average molecular weight is 390 g/mol. The molecule has 0 amide bonds. The Labute approximate surface area is 158 Å². The van der Waals surface area contributed by atoms with E-state index in [2.05, 4.69) is 9.98 Å². The van der Waals surface area contributed by atoms with Gasteiger partial charge in [-0.05, 0) is 36.0 Å². The maximum absolute atomic E-state index is 13.4.